The quantitative estimate of drug-likeness (QED) is 0.813. The van der Waals surface area contributed by atoms with Gasteiger partial charge in [0.2, 0.25) is 5.91 Å². The van der Waals surface area contributed by atoms with E-state index in [2.05, 4.69) is 24.9 Å². The second-order valence-corrected chi connectivity index (χ2v) is 7.20. The predicted molar refractivity (Wildman–Crippen MR) is 100 cm³/mol. The van der Waals surface area contributed by atoms with Crippen LogP contribution in [0.5, 0.6) is 0 Å². The van der Waals surface area contributed by atoms with Gasteiger partial charge >= 0.3 is 0 Å². The van der Waals surface area contributed by atoms with Gasteiger partial charge in [0.05, 0.1) is 6.54 Å². The zero-order valence-corrected chi connectivity index (χ0v) is 15.5. The van der Waals surface area contributed by atoms with Gasteiger partial charge in [0.1, 0.15) is 0 Å². The number of hydrogen-bond acceptors (Lipinski definition) is 6. The summed E-state index contributed by atoms with van der Waals surface area (Å²) in [7, 11) is 3.92. The summed E-state index contributed by atoms with van der Waals surface area (Å²) in [5, 5.41) is 8.58. The molecule has 0 spiro atoms. The summed E-state index contributed by atoms with van der Waals surface area (Å²) in [4.78, 5) is 21.0. The van der Waals surface area contributed by atoms with Crippen molar-refractivity contribution < 1.29 is 4.79 Å². The standard InChI is InChI=1S/C18H30N6O/c1-21(2)16-7-8-17(20-19-16)23-13-11-22(12-14-23)15-18(25)24-9-5-3-4-6-10-24/h7-8H,3-6,9-15H2,1-2H3. The molecule has 0 unspecified atom stereocenters. The zero-order valence-electron chi connectivity index (χ0n) is 15.5. The monoisotopic (exact) mass is 346 g/mol. The number of carbonyl (C=O) groups is 1. The second-order valence-electron chi connectivity index (χ2n) is 7.20. The summed E-state index contributed by atoms with van der Waals surface area (Å²) in [6.45, 7) is 6.01. The summed E-state index contributed by atoms with van der Waals surface area (Å²) < 4.78 is 0. The molecule has 0 N–H and O–H groups in total. The first-order valence-corrected chi connectivity index (χ1v) is 9.39. The van der Waals surface area contributed by atoms with Gasteiger partial charge in [-0.25, -0.2) is 0 Å². The maximum atomic E-state index is 12.5. The summed E-state index contributed by atoms with van der Waals surface area (Å²) in [6, 6.07) is 4.03. The first-order valence-electron chi connectivity index (χ1n) is 9.39. The first-order chi connectivity index (χ1) is 12.1. The van der Waals surface area contributed by atoms with E-state index in [1.54, 1.807) is 0 Å². The topological polar surface area (TPSA) is 55.8 Å². The Morgan fingerprint density at radius 2 is 1.64 bits per heavy atom. The molecule has 0 atom stereocenters. The van der Waals surface area contributed by atoms with Gasteiger partial charge in [-0.2, -0.15) is 0 Å². The number of likely N-dealkylation sites (tertiary alicyclic amines) is 1. The number of hydrogen-bond donors (Lipinski definition) is 0. The molecule has 7 nitrogen and oxygen atoms in total. The van der Waals surface area contributed by atoms with Crippen molar-refractivity contribution in [2.45, 2.75) is 25.7 Å². The molecule has 3 heterocycles. The summed E-state index contributed by atoms with van der Waals surface area (Å²) in [5.41, 5.74) is 0. The number of nitrogens with zero attached hydrogens (tertiary/aromatic N) is 6. The van der Waals surface area contributed by atoms with Gasteiger partial charge in [0.15, 0.2) is 11.6 Å². The van der Waals surface area contributed by atoms with E-state index in [1.165, 1.54) is 12.8 Å². The lowest BCUT2D eigenvalue weighted by molar-refractivity contribution is -0.132. The van der Waals surface area contributed by atoms with E-state index in [0.29, 0.717) is 12.5 Å². The Kier molecular flexibility index (Phi) is 6.07. The van der Waals surface area contributed by atoms with E-state index in [9.17, 15) is 4.79 Å². The molecule has 2 saturated heterocycles. The van der Waals surface area contributed by atoms with Crippen LogP contribution in [0, 0.1) is 0 Å². The predicted octanol–water partition coefficient (Wildman–Crippen LogP) is 1.07. The minimum atomic E-state index is 0.297. The molecule has 1 amide bonds. The third-order valence-electron chi connectivity index (χ3n) is 5.11. The average molecular weight is 346 g/mol. The molecule has 1 aromatic heterocycles. The summed E-state index contributed by atoms with van der Waals surface area (Å²) in [6.07, 6.45) is 4.83. The van der Waals surface area contributed by atoms with Crippen molar-refractivity contribution >= 4 is 17.5 Å². The Morgan fingerprint density at radius 3 is 2.20 bits per heavy atom. The lowest BCUT2D eigenvalue weighted by Crippen LogP contribution is -2.50. The lowest BCUT2D eigenvalue weighted by Gasteiger charge is -2.35. The Hall–Kier alpha value is -1.89. The van der Waals surface area contributed by atoms with Crippen LogP contribution in [0.15, 0.2) is 12.1 Å². The van der Waals surface area contributed by atoms with E-state index in [0.717, 1.165) is 63.7 Å². The minimum absolute atomic E-state index is 0.297. The molecule has 2 aliphatic heterocycles. The molecular formula is C18H30N6O. The van der Waals surface area contributed by atoms with Crippen LogP contribution >= 0.6 is 0 Å². The van der Waals surface area contributed by atoms with Crippen LogP contribution in [-0.2, 0) is 4.79 Å². The van der Waals surface area contributed by atoms with Gasteiger partial charge in [-0.15, -0.1) is 10.2 Å². The highest BCUT2D eigenvalue weighted by Crippen LogP contribution is 2.16. The number of carbonyl (C=O) groups excluding carboxylic acids is 1. The second kappa shape index (κ2) is 8.47. The largest absolute Gasteiger partial charge is 0.361 e. The van der Waals surface area contributed by atoms with E-state index in [-0.39, 0.29) is 0 Å². The Labute approximate surface area is 150 Å². The van der Waals surface area contributed by atoms with Gasteiger partial charge in [-0.3, -0.25) is 9.69 Å². The smallest absolute Gasteiger partial charge is 0.236 e. The number of anilines is 2. The van der Waals surface area contributed by atoms with Crippen molar-refractivity contribution in [2.75, 3.05) is 69.7 Å². The van der Waals surface area contributed by atoms with Crippen LogP contribution in [0.4, 0.5) is 11.6 Å². The first kappa shape index (κ1) is 17.9. The Morgan fingerprint density at radius 1 is 0.960 bits per heavy atom. The normalized spacial score (nSPS) is 19.6. The fraction of sp³-hybridized carbons (Fsp3) is 0.722. The molecule has 7 heteroatoms. The van der Waals surface area contributed by atoms with Crippen molar-refractivity contribution in [1.82, 2.24) is 20.0 Å². The third-order valence-corrected chi connectivity index (χ3v) is 5.11. The number of piperazine rings is 1. The van der Waals surface area contributed by atoms with Gasteiger partial charge in [-0.1, -0.05) is 12.8 Å². The Bertz CT molecular complexity index is 545. The maximum absolute atomic E-state index is 12.5. The molecule has 2 fully saturated rings. The van der Waals surface area contributed by atoms with Gasteiger partial charge in [-0.05, 0) is 25.0 Å². The zero-order chi connectivity index (χ0) is 17.6. The maximum Gasteiger partial charge on any atom is 0.236 e. The average Bonchev–Trinajstić information content (AvgIpc) is 2.92. The highest BCUT2D eigenvalue weighted by Gasteiger charge is 2.23. The van der Waals surface area contributed by atoms with Crippen LogP contribution in [0.1, 0.15) is 25.7 Å². The Balaban J connectivity index is 1.47. The van der Waals surface area contributed by atoms with Gasteiger partial charge in [0.25, 0.3) is 0 Å². The van der Waals surface area contributed by atoms with Crippen molar-refractivity contribution in [3.05, 3.63) is 12.1 Å². The fourth-order valence-corrected chi connectivity index (χ4v) is 3.47. The van der Waals surface area contributed by atoms with Gasteiger partial charge in [0, 0.05) is 53.4 Å². The molecule has 0 saturated carbocycles. The molecule has 138 valence electrons. The molecule has 0 radical (unpaired) electrons. The number of amides is 1. The van der Waals surface area contributed by atoms with Crippen LogP contribution in [0.3, 0.4) is 0 Å². The van der Waals surface area contributed by atoms with Crippen molar-refractivity contribution in [3.63, 3.8) is 0 Å². The van der Waals surface area contributed by atoms with Crippen molar-refractivity contribution in [3.8, 4) is 0 Å². The number of aromatic nitrogens is 2. The molecule has 0 aliphatic carbocycles. The highest BCUT2D eigenvalue weighted by atomic mass is 16.2. The summed E-state index contributed by atoms with van der Waals surface area (Å²) >= 11 is 0. The van der Waals surface area contributed by atoms with Crippen LogP contribution < -0.4 is 9.80 Å². The highest BCUT2D eigenvalue weighted by molar-refractivity contribution is 5.78. The van der Waals surface area contributed by atoms with Crippen molar-refractivity contribution in [2.24, 2.45) is 0 Å². The summed E-state index contributed by atoms with van der Waals surface area (Å²) in [5.74, 6) is 2.08. The van der Waals surface area contributed by atoms with E-state index < -0.39 is 0 Å². The fourth-order valence-electron chi connectivity index (χ4n) is 3.47. The molecule has 0 aromatic carbocycles. The van der Waals surface area contributed by atoms with Crippen LogP contribution in [-0.4, -0.2) is 85.8 Å². The van der Waals surface area contributed by atoms with E-state index in [4.69, 9.17) is 0 Å². The molecular weight excluding hydrogens is 316 g/mol. The SMILES string of the molecule is CN(C)c1ccc(N2CCN(CC(=O)N3CCCCCC3)CC2)nn1. The van der Waals surface area contributed by atoms with Gasteiger partial charge < -0.3 is 14.7 Å². The molecule has 1 aromatic rings. The molecule has 0 bridgehead atoms. The third kappa shape index (κ3) is 4.81. The van der Waals surface area contributed by atoms with Crippen LogP contribution in [0.25, 0.3) is 0 Å². The van der Waals surface area contributed by atoms with Crippen molar-refractivity contribution in [1.29, 1.82) is 0 Å². The van der Waals surface area contributed by atoms with E-state index in [1.807, 2.05) is 31.1 Å². The molecule has 3 rings (SSSR count). The molecule has 25 heavy (non-hydrogen) atoms. The molecule has 2 aliphatic rings. The lowest BCUT2D eigenvalue weighted by atomic mass is 10.2. The number of rotatable bonds is 4. The minimum Gasteiger partial charge on any atom is -0.361 e. The van der Waals surface area contributed by atoms with Crippen LogP contribution in [0.2, 0.25) is 0 Å². The van der Waals surface area contributed by atoms with E-state index >= 15 is 0 Å².